The van der Waals surface area contributed by atoms with Gasteiger partial charge in [-0.05, 0) is 30.3 Å². The van der Waals surface area contributed by atoms with Crippen LogP contribution in [0.25, 0.3) is 22.3 Å². The van der Waals surface area contributed by atoms with Gasteiger partial charge in [0.15, 0.2) is 11.4 Å². The van der Waals surface area contributed by atoms with E-state index in [-0.39, 0.29) is 28.4 Å². The summed E-state index contributed by atoms with van der Waals surface area (Å²) in [6, 6.07) is 11.8. The first-order valence-corrected chi connectivity index (χ1v) is 13.6. The fourth-order valence-electron chi connectivity index (χ4n) is 4.08. The van der Waals surface area contributed by atoms with Crippen molar-refractivity contribution in [3.63, 3.8) is 0 Å². The summed E-state index contributed by atoms with van der Waals surface area (Å²) in [6.45, 7) is 5.51. The van der Waals surface area contributed by atoms with E-state index in [2.05, 4.69) is 37.4 Å². The minimum Gasteiger partial charge on any atom is -0.402 e. The normalized spacial score (nSPS) is 13.8. The van der Waals surface area contributed by atoms with E-state index in [4.69, 9.17) is 20.9 Å². The number of amides is 1. The summed E-state index contributed by atoms with van der Waals surface area (Å²) < 4.78 is 22.1. The summed E-state index contributed by atoms with van der Waals surface area (Å²) in [4.78, 5) is 41.8. The summed E-state index contributed by atoms with van der Waals surface area (Å²) in [5.74, 6) is -0.231. The predicted octanol–water partition coefficient (Wildman–Crippen LogP) is 3.85. The number of ether oxygens (including phenoxy) is 1. The van der Waals surface area contributed by atoms with Crippen molar-refractivity contribution in [3.05, 3.63) is 60.3 Å². The first kappa shape index (κ1) is 26.6. The van der Waals surface area contributed by atoms with Gasteiger partial charge in [0.05, 0.1) is 30.0 Å². The van der Waals surface area contributed by atoms with Crippen molar-refractivity contribution in [1.29, 1.82) is 0 Å². The molecule has 1 fully saturated rings. The molecule has 1 saturated heterocycles. The minimum atomic E-state index is -4.84. The van der Waals surface area contributed by atoms with Crippen molar-refractivity contribution in [1.82, 2.24) is 20.2 Å². The van der Waals surface area contributed by atoms with Crippen LogP contribution in [0.2, 0.25) is 5.15 Å². The Bertz CT molecular complexity index is 1600. The summed E-state index contributed by atoms with van der Waals surface area (Å²) in [6.07, 6.45) is 1.17. The van der Waals surface area contributed by atoms with E-state index < -0.39 is 7.82 Å². The Kier molecular flexibility index (Phi) is 7.51. The van der Waals surface area contributed by atoms with Crippen LogP contribution in [0.4, 0.5) is 23.0 Å². The number of carbonyl (C=O) groups excluding carboxylic acids is 1. The molecule has 3 heterocycles. The number of halogens is 1. The molecule has 39 heavy (non-hydrogen) atoms. The van der Waals surface area contributed by atoms with Crippen LogP contribution in [0.3, 0.4) is 0 Å². The Morgan fingerprint density at radius 3 is 2.72 bits per heavy atom. The second-order valence-corrected chi connectivity index (χ2v) is 9.94. The molecular weight excluding hydrogens is 549 g/mol. The second-order valence-electron chi connectivity index (χ2n) is 8.39. The Morgan fingerprint density at radius 2 is 1.97 bits per heavy atom. The molecule has 1 aliphatic heterocycles. The third-order valence-electron chi connectivity index (χ3n) is 5.74. The minimum absolute atomic E-state index is 0.00925. The van der Waals surface area contributed by atoms with E-state index in [1.54, 1.807) is 36.4 Å². The highest BCUT2D eigenvalue weighted by atomic mass is 35.5. The molecule has 1 aliphatic rings. The summed E-state index contributed by atoms with van der Waals surface area (Å²) in [7, 11) is -4.84. The average molecular weight is 572 g/mol. The van der Waals surface area contributed by atoms with Gasteiger partial charge in [0.25, 0.3) is 0 Å². The number of nitrogens with zero attached hydrogens (tertiary/aromatic N) is 4. The second kappa shape index (κ2) is 11.0. The molecular formula is C24H23ClN7O6P. The largest absolute Gasteiger partial charge is 0.524 e. The molecule has 4 aromatic rings. The maximum Gasteiger partial charge on any atom is 0.524 e. The van der Waals surface area contributed by atoms with E-state index >= 15 is 0 Å². The Morgan fingerprint density at radius 1 is 1.18 bits per heavy atom. The van der Waals surface area contributed by atoms with Crippen molar-refractivity contribution < 1.29 is 28.4 Å². The summed E-state index contributed by atoms with van der Waals surface area (Å²) >= 11 is 6.35. The number of aromatic nitrogens is 4. The van der Waals surface area contributed by atoms with Crippen LogP contribution in [0.1, 0.15) is 0 Å². The zero-order valence-electron chi connectivity index (χ0n) is 20.3. The molecule has 5 rings (SSSR count). The van der Waals surface area contributed by atoms with Gasteiger partial charge in [0, 0.05) is 36.1 Å². The Balaban J connectivity index is 1.53. The topological polar surface area (TPSA) is 175 Å². The number of fused-ring (bicyclic) bond motifs is 1. The highest BCUT2D eigenvalue weighted by molar-refractivity contribution is 7.46. The molecule has 0 saturated carbocycles. The number of morpholine rings is 1. The van der Waals surface area contributed by atoms with Gasteiger partial charge >= 0.3 is 7.82 Å². The van der Waals surface area contributed by atoms with Crippen molar-refractivity contribution in [2.75, 3.05) is 41.8 Å². The molecule has 0 unspecified atom stereocenters. The number of aromatic amines is 1. The third kappa shape index (κ3) is 6.19. The van der Waals surface area contributed by atoms with Gasteiger partial charge in [-0.25, -0.2) is 9.55 Å². The smallest absolute Gasteiger partial charge is 0.402 e. The number of rotatable bonds is 8. The van der Waals surface area contributed by atoms with E-state index in [1.807, 2.05) is 4.90 Å². The molecule has 15 heteroatoms. The number of carbonyl (C=O) groups is 1. The molecule has 202 valence electrons. The number of anilines is 4. The average Bonchev–Trinajstić information content (AvgIpc) is 3.28. The molecule has 0 radical (unpaired) electrons. The highest BCUT2D eigenvalue weighted by Crippen LogP contribution is 2.44. The van der Waals surface area contributed by atoms with E-state index in [0.29, 0.717) is 60.0 Å². The molecule has 5 N–H and O–H groups in total. The standard InChI is InChI=1S/C24H23ClN7O6P/c1-2-19(33)26-15-5-3-4-14(12-15)21-20-22(25)30-31-23(20)29-24(28-21)27-16-6-7-17(32-8-10-37-11-9-32)18(13-16)38-39(34,35)36/h2-7,12-13H,1,8-11H2,(H,26,33)(H2,34,35,36)(H2,27,28,29,30,31). The Hall–Kier alpha value is -4.00. The van der Waals surface area contributed by atoms with Crippen LogP contribution in [-0.4, -0.2) is 62.2 Å². The molecule has 2 aromatic carbocycles. The number of H-pyrrole nitrogens is 1. The summed E-state index contributed by atoms with van der Waals surface area (Å²) in [5.41, 5.74) is 2.80. The number of phosphoric acid groups is 1. The molecule has 0 bridgehead atoms. The van der Waals surface area contributed by atoms with Gasteiger partial charge in [-0.1, -0.05) is 30.3 Å². The SMILES string of the molecule is C=CC(=O)Nc1cccc(-c2nc(Nc3ccc(N4CCOCC4)c(OP(=O)(O)O)c3)nc3n[nH]c(Cl)c23)c1. The van der Waals surface area contributed by atoms with Gasteiger partial charge in [-0.2, -0.15) is 10.1 Å². The number of hydrogen-bond donors (Lipinski definition) is 5. The van der Waals surface area contributed by atoms with Crippen molar-refractivity contribution in [3.8, 4) is 17.0 Å². The van der Waals surface area contributed by atoms with Crippen molar-refractivity contribution in [2.45, 2.75) is 0 Å². The third-order valence-corrected chi connectivity index (χ3v) is 6.45. The molecule has 13 nitrogen and oxygen atoms in total. The van der Waals surface area contributed by atoms with E-state index in [9.17, 15) is 19.1 Å². The van der Waals surface area contributed by atoms with Gasteiger partial charge in [0.1, 0.15) is 5.15 Å². The fourth-order valence-corrected chi connectivity index (χ4v) is 4.70. The van der Waals surface area contributed by atoms with Crippen LogP contribution in [0.5, 0.6) is 5.75 Å². The van der Waals surface area contributed by atoms with Gasteiger partial charge in [-0.15, -0.1) is 0 Å². The van der Waals surface area contributed by atoms with Crippen LogP contribution < -0.4 is 20.1 Å². The lowest BCUT2D eigenvalue weighted by atomic mass is 10.1. The maximum absolute atomic E-state index is 11.8. The highest BCUT2D eigenvalue weighted by Gasteiger charge is 2.23. The fraction of sp³-hybridized carbons (Fsp3) is 0.167. The number of nitrogens with one attached hydrogen (secondary N) is 3. The number of phosphoric ester groups is 1. The maximum atomic E-state index is 11.8. The quantitative estimate of drug-likeness (QED) is 0.153. The molecule has 2 aromatic heterocycles. The van der Waals surface area contributed by atoms with Crippen molar-refractivity contribution >= 4 is 59.4 Å². The van der Waals surface area contributed by atoms with E-state index in [0.717, 1.165) is 0 Å². The lowest BCUT2D eigenvalue weighted by Crippen LogP contribution is -2.36. The van der Waals surface area contributed by atoms with Crippen molar-refractivity contribution in [2.24, 2.45) is 0 Å². The van der Waals surface area contributed by atoms with Crippen LogP contribution in [0.15, 0.2) is 55.1 Å². The van der Waals surface area contributed by atoms with Gasteiger partial charge < -0.3 is 24.8 Å². The first-order valence-electron chi connectivity index (χ1n) is 11.6. The zero-order valence-corrected chi connectivity index (χ0v) is 21.9. The van der Waals surface area contributed by atoms with Crippen LogP contribution >= 0.6 is 19.4 Å². The number of benzene rings is 2. The van der Waals surface area contributed by atoms with Crippen LogP contribution in [0, 0.1) is 0 Å². The van der Waals surface area contributed by atoms with Crippen LogP contribution in [-0.2, 0) is 14.1 Å². The van der Waals surface area contributed by atoms with Gasteiger partial charge in [0.2, 0.25) is 11.9 Å². The predicted molar refractivity (Wildman–Crippen MR) is 146 cm³/mol. The Labute approximate surface area is 227 Å². The summed E-state index contributed by atoms with van der Waals surface area (Å²) in [5, 5.41) is 13.3. The lowest BCUT2D eigenvalue weighted by Gasteiger charge is -2.30. The molecule has 1 amide bonds. The molecule has 0 aliphatic carbocycles. The number of hydrogen-bond acceptors (Lipinski definition) is 9. The molecule has 0 spiro atoms. The monoisotopic (exact) mass is 571 g/mol. The van der Waals surface area contributed by atoms with E-state index in [1.165, 1.54) is 12.1 Å². The van der Waals surface area contributed by atoms with Gasteiger partial charge in [-0.3, -0.25) is 19.7 Å². The first-order chi connectivity index (χ1) is 18.7. The molecule has 0 atom stereocenters. The lowest BCUT2D eigenvalue weighted by molar-refractivity contribution is -0.111. The zero-order chi connectivity index (χ0) is 27.6.